The number of ether oxygens (including phenoxy) is 1. The predicted molar refractivity (Wildman–Crippen MR) is 80.3 cm³/mol. The molecule has 0 fully saturated rings. The Labute approximate surface area is 131 Å². The number of hydrogen-bond donors (Lipinski definition) is 1. The third-order valence-corrected chi connectivity index (χ3v) is 4.26. The molecule has 118 valence electrons. The van der Waals surface area contributed by atoms with Crippen LogP contribution in [0.25, 0.3) is 0 Å². The summed E-state index contributed by atoms with van der Waals surface area (Å²) in [6, 6.07) is 0. The Morgan fingerprint density at radius 2 is 2.24 bits per heavy atom. The Morgan fingerprint density at radius 3 is 2.76 bits per heavy atom. The lowest BCUT2D eigenvalue weighted by atomic mass is 10.7. The Morgan fingerprint density at radius 1 is 1.52 bits per heavy atom. The van der Waals surface area contributed by atoms with Crippen LogP contribution in [0.4, 0.5) is 0 Å². The van der Waals surface area contributed by atoms with Gasteiger partial charge in [-0.1, -0.05) is 11.8 Å². The normalized spacial score (nSPS) is 12.4. The largest absolute Gasteiger partial charge is 0.478 e. The van der Waals surface area contributed by atoms with Crippen molar-refractivity contribution in [1.82, 2.24) is 19.7 Å². The van der Waals surface area contributed by atoms with Gasteiger partial charge in [0.1, 0.15) is 6.33 Å². The van der Waals surface area contributed by atoms with Crippen molar-refractivity contribution in [2.75, 3.05) is 32.1 Å². The van der Waals surface area contributed by atoms with E-state index >= 15 is 0 Å². The van der Waals surface area contributed by atoms with Crippen molar-refractivity contribution < 1.29 is 19.4 Å². The standard InChI is InChI=1S/C11H18N4O4S2/c1-14(2)4-5-20-10(9(17)18)19-8(16)6-21-11-13-12-7-15(11)3/h7,10H,4-6H2,1-3H3,(H,17,18). The number of carbonyl (C=O) groups is 2. The minimum atomic E-state index is -1.18. The van der Waals surface area contributed by atoms with Crippen LogP contribution in [0.3, 0.4) is 0 Å². The number of esters is 1. The highest BCUT2D eigenvalue weighted by Crippen LogP contribution is 2.17. The zero-order chi connectivity index (χ0) is 15.8. The van der Waals surface area contributed by atoms with E-state index in [0.717, 1.165) is 23.5 Å². The number of carbonyl (C=O) groups excluding carboxylic acids is 1. The highest BCUT2D eigenvalue weighted by Gasteiger charge is 2.23. The molecule has 0 saturated heterocycles. The van der Waals surface area contributed by atoms with Crippen LogP contribution in [0.15, 0.2) is 11.5 Å². The molecule has 0 saturated carbocycles. The summed E-state index contributed by atoms with van der Waals surface area (Å²) < 4.78 is 6.62. The molecule has 10 heteroatoms. The maximum atomic E-state index is 11.7. The summed E-state index contributed by atoms with van der Waals surface area (Å²) in [7, 11) is 5.53. The highest BCUT2D eigenvalue weighted by molar-refractivity contribution is 8.00. The van der Waals surface area contributed by atoms with Gasteiger partial charge in [-0.2, -0.15) is 0 Å². The first-order chi connectivity index (χ1) is 9.90. The summed E-state index contributed by atoms with van der Waals surface area (Å²) in [6.45, 7) is 0.708. The third-order valence-electron chi connectivity index (χ3n) is 2.24. The number of hydrogen-bond acceptors (Lipinski definition) is 8. The molecule has 0 aromatic carbocycles. The number of aliphatic carboxylic acids is 1. The molecule has 1 atom stereocenters. The number of aryl methyl sites for hydroxylation is 1. The van der Waals surface area contributed by atoms with E-state index < -0.39 is 17.4 Å². The lowest BCUT2D eigenvalue weighted by Crippen LogP contribution is -2.27. The first-order valence-corrected chi connectivity index (χ1v) is 8.09. The van der Waals surface area contributed by atoms with Gasteiger partial charge >= 0.3 is 11.9 Å². The molecule has 0 amide bonds. The molecule has 0 aliphatic heterocycles. The van der Waals surface area contributed by atoms with Crippen molar-refractivity contribution in [2.45, 2.75) is 10.6 Å². The molecule has 1 heterocycles. The van der Waals surface area contributed by atoms with E-state index in [9.17, 15) is 9.59 Å². The average Bonchev–Trinajstić information content (AvgIpc) is 2.80. The maximum Gasteiger partial charge on any atom is 0.355 e. The summed E-state index contributed by atoms with van der Waals surface area (Å²) in [6.07, 6.45) is 1.52. The fraction of sp³-hybridized carbons (Fsp3) is 0.636. The van der Waals surface area contributed by atoms with Gasteiger partial charge in [0.2, 0.25) is 5.44 Å². The fourth-order valence-corrected chi connectivity index (χ4v) is 2.85. The Hall–Kier alpha value is -1.26. The van der Waals surface area contributed by atoms with Crippen LogP contribution in [0, 0.1) is 0 Å². The number of thioether (sulfide) groups is 2. The molecule has 0 aliphatic rings. The molecule has 1 aromatic rings. The lowest BCUT2D eigenvalue weighted by Gasteiger charge is -2.14. The minimum absolute atomic E-state index is 0.00937. The van der Waals surface area contributed by atoms with Gasteiger partial charge < -0.3 is 19.3 Å². The highest BCUT2D eigenvalue weighted by atomic mass is 32.2. The van der Waals surface area contributed by atoms with Crippen molar-refractivity contribution in [2.24, 2.45) is 7.05 Å². The van der Waals surface area contributed by atoms with E-state index in [2.05, 4.69) is 10.2 Å². The van der Waals surface area contributed by atoms with Crippen LogP contribution in [-0.4, -0.2) is 74.3 Å². The van der Waals surface area contributed by atoms with E-state index in [-0.39, 0.29) is 5.75 Å². The van der Waals surface area contributed by atoms with Gasteiger partial charge in [0.05, 0.1) is 5.75 Å². The zero-order valence-electron chi connectivity index (χ0n) is 12.1. The molecule has 0 spiro atoms. The van der Waals surface area contributed by atoms with Crippen molar-refractivity contribution in [1.29, 1.82) is 0 Å². The van der Waals surface area contributed by atoms with E-state index in [1.807, 2.05) is 19.0 Å². The van der Waals surface area contributed by atoms with Crippen LogP contribution in [0.5, 0.6) is 0 Å². The van der Waals surface area contributed by atoms with E-state index in [0.29, 0.717) is 17.5 Å². The summed E-state index contributed by atoms with van der Waals surface area (Å²) >= 11 is 2.23. The topological polar surface area (TPSA) is 97.5 Å². The molecule has 1 N–H and O–H groups in total. The molecule has 21 heavy (non-hydrogen) atoms. The van der Waals surface area contributed by atoms with E-state index in [1.54, 1.807) is 11.6 Å². The maximum absolute atomic E-state index is 11.7. The van der Waals surface area contributed by atoms with Gasteiger partial charge in [-0.15, -0.1) is 22.0 Å². The monoisotopic (exact) mass is 334 g/mol. The molecule has 1 rings (SSSR count). The van der Waals surface area contributed by atoms with Gasteiger partial charge in [0, 0.05) is 19.3 Å². The quantitative estimate of drug-likeness (QED) is 0.384. The van der Waals surface area contributed by atoms with Crippen molar-refractivity contribution in [3.8, 4) is 0 Å². The molecule has 1 unspecified atom stereocenters. The SMILES string of the molecule is CN(C)CCSC(OC(=O)CSc1nncn1C)C(=O)O. The van der Waals surface area contributed by atoms with Gasteiger partial charge in [-0.3, -0.25) is 4.79 Å². The first kappa shape index (κ1) is 17.8. The number of carboxylic acid groups (broad SMARTS) is 1. The van der Waals surface area contributed by atoms with Gasteiger partial charge in [0.25, 0.3) is 0 Å². The van der Waals surface area contributed by atoms with Crippen molar-refractivity contribution in [3.63, 3.8) is 0 Å². The van der Waals surface area contributed by atoms with Crippen molar-refractivity contribution in [3.05, 3.63) is 6.33 Å². The molecule has 0 radical (unpaired) electrons. The first-order valence-electron chi connectivity index (χ1n) is 6.05. The van der Waals surface area contributed by atoms with E-state index in [1.165, 1.54) is 6.33 Å². The van der Waals surface area contributed by atoms with Crippen LogP contribution in [0.2, 0.25) is 0 Å². The molecular formula is C11H18N4O4S2. The van der Waals surface area contributed by atoms with Crippen LogP contribution in [-0.2, 0) is 21.4 Å². The third kappa shape index (κ3) is 6.82. The predicted octanol–water partition coefficient (Wildman–Crippen LogP) is 0.156. The number of aromatic nitrogens is 3. The second-order valence-electron chi connectivity index (χ2n) is 4.35. The van der Waals surface area contributed by atoms with E-state index in [4.69, 9.17) is 9.84 Å². The summed E-state index contributed by atoms with van der Waals surface area (Å²) in [5.41, 5.74) is -1.18. The van der Waals surface area contributed by atoms with Crippen LogP contribution in [0.1, 0.15) is 0 Å². The Bertz CT molecular complexity index is 481. The molecule has 0 aliphatic carbocycles. The van der Waals surface area contributed by atoms with Gasteiger partial charge in [0.15, 0.2) is 5.16 Å². The number of carboxylic acids is 1. The van der Waals surface area contributed by atoms with Crippen molar-refractivity contribution >= 4 is 35.5 Å². The Balaban J connectivity index is 2.38. The smallest absolute Gasteiger partial charge is 0.355 e. The molecule has 0 bridgehead atoms. The summed E-state index contributed by atoms with van der Waals surface area (Å²) in [5.74, 6) is -1.19. The minimum Gasteiger partial charge on any atom is -0.478 e. The summed E-state index contributed by atoms with van der Waals surface area (Å²) in [5, 5.41) is 17.1. The number of nitrogens with zero attached hydrogens (tertiary/aromatic N) is 4. The second kappa shape index (κ2) is 8.90. The second-order valence-corrected chi connectivity index (χ2v) is 6.46. The van der Waals surface area contributed by atoms with Crippen LogP contribution < -0.4 is 0 Å². The number of rotatable bonds is 9. The molecule has 1 aromatic heterocycles. The van der Waals surface area contributed by atoms with Crippen LogP contribution >= 0.6 is 23.5 Å². The molecular weight excluding hydrogens is 316 g/mol. The molecule has 8 nitrogen and oxygen atoms in total. The van der Waals surface area contributed by atoms with Gasteiger partial charge in [-0.05, 0) is 14.1 Å². The lowest BCUT2D eigenvalue weighted by molar-refractivity contribution is -0.155. The van der Waals surface area contributed by atoms with Gasteiger partial charge in [-0.25, -0.2) is 4.79 Å². The Kier molecular flexibility index (Phi) is 7.54. The average molecular weight is 334 g/mol. The fourth-order valence-electron chi connectivity index (χ4n) is 1.18. The zero-order valence-corrected chi connectivity index (χ0v) is 13.7. The summed E-state index contributed by atoms with van der Waals surface area (Å²) in [4.78, 5) is 24.7.